The first-order chi connectivity index (χ1) is 7.31. The maximum atomic E-state index is 6.05. The van der Waals surface area contributed by atoms with Gasteiger partial charge in [-0.15, -0.1) is 0 Å². The highest BCUT2D eigenvalue weighted by Gasteiger charge is 2.36. The molecule has 0 aromatic heterocycles. The van der Waals surface area contributed by atoms with Crippen molar-refractivity contribution in [2.45, 2.75) is 51.7 Å². The van der Waals surface area contributed by atoms with Crippen molar-refractivity contribution < 1.29 is 13.9 Å². The van der Waals surface area contributed by atoms with Crippen molar-refractivity contribution >= 4 is 8.32 Å². The molecule has 0 rings (SSSR count). The Hall–Kier alpha value is 0.0969. The summed E-state index contributed by atoms with van der Waals surface area (Å²) in [5.74, 6) is 0. The molecule has 0 atom stereocenters. The van der Waals surface area contributed by atoms with Crippen LogP contribution in [0.4, 0.5) is 0 Å². The minimum atomic E-state index is -1.55. The highest BCUT2D eigenvalue weighted by atomic mass is 28.4. The lowest BCUT2D eigenvalue weighted by atomic mass is 10.2. The van der Waals surface area contributed by atoms with Gasteiger partial charge >= 0.3 is 0 Å². The average molecular weight is 248 g/mol. The third-order valence-corrected chi connectivity index (χ3v) is 7.69. The number of unbranched alkanes of at least 4 members (excludes halogenated alkanes) is 1. The largest absolute Gasteiger partial charge is 0.417 e. The second-order valence-corrected chi connectivity index (χ2v) is 10.4. The van der Waals surface area contributed by atoms with E-state index >= 15 is 0 Å². The first kappa shape index (κ1) is 16.1. The maximum absolute atomic E-state index is 6.05. The summed E-state index contributed by atoms with van der Waals surface area (Å²) in [5.41, 5.74) is 0. The van der Waals surface area contributed by atoms with Gasteiger partial charge in [0.15, 0.2) is 8.32 Å². The molecule has 0 aliphatic carbocycles. The Balaban J connectivity index is 3.51. The number of rotatable bonds is 8. The number of hydrogen-bond donors (Lipinski definition) is 0. The first-order valence-corrected chi connectivity index (χ1v) is 8.93. The van der Waals surface area contributed by atoms with Crippen molar-refractivity contribution in [3.8, 4) is 0 Å². The second kappa shape index (κ2) is 7.43. The molecule has 16 heavy (non-hydrogen) atoms. The van der Waals surface area contributed by atoms with Crippen LogP contribution in [-0.4, -0.2) is 35.4 Å². The molecule has 0 aliphatic heterocycles. The zero-order valence-electron chi connectivity index (χ0n) is 11.8. The summed E-state index contributed by atoms with van der Waals surface area (Å²) in [6.07, 6.45) is 2.11. The van der Waals surface area contributed by atoms with Crippen molar-refractivity contribution in [1.29, 1.82) is 0 Å². The van der Waals surface area contributed by atoms with Crippen molar-refractivity contribution in [3.63, 3.8) is 0 Å². The average Bonchev–Trinajstić information content (AvgIpc) is 2.14. The predicted molar refractivity (Wildman–Crippen MR) is 70.2 cm³/mol. The summed E-state index contributed by atoms with van der Waals surface area (Å²) >= 11 is 0. The third kappa shape index (κ3) is 6.63. The molecular weight excluding hydrogens is 220 g/mol. The van der Waals surface area contributed by atoms with Crippen LogP contribution in [0, 0.1) is 0 Å². The van der Waals surface area contributed by atoms with E-state index in [1.807, 2.05) is 0 Å². The van der Waals surface area contributed by atoms with Gasteiger partial charge in [0, 0.05) is 20.3 Å². The standard InChI is InChI=1S/C12H28O3Si/c1-12(2,3)16(5,6)15-10-8-7-9-14-11-13-4/h7-11H2,1-6H3. The van der Waals surface area contributed by atoms with Crippen LogP contribution < -0.4 is 0 Å². The van der Waals surface area contributed by atoms with E-state index in [2.05, 4.69) is 33.9 Å². The first-order valence-electron chi connectivity index (χ1n) is 6.02. The highest BCUT2D eigenvalue weighted by molar-refractivity contribution is 6.74. The minimum Gasteiger partial charge on any atom is -0.417 e. The minimum absolute atomic E-state index is 0.305. The Kier molecular flexibility index (Phi) is 7.47. The van der Waals surface area contributed by atoms with Crippen molar-refractivity contribution in [2.75, 3.05) is 27.1 Å². The van der Waals surface area contributed by atoms with Crippen LogP contribution in [0.3, 0.4) is 0 Å². The topological polar surface area (TPSA) is 27.7 Å². The Morgan fingerprint density at radius 3 is 2.06 bits per heavy atom. The molecule has 0 saturated carbocycles. The Bertz CT molecular complexity index is 176. The maximum Gasteiger partial charge on any atom is 0.191 e. The van der Waals surface area contributed by atoms with Crippen molar-refractivity contribution in [2.24, 2.45) is 0 Å². The molecule has 0 radical (unpaired) electrons. The van der Waals surface area contributed by atoms with Gasteiger partial charge in [-0.1, -0.05) is 20.8 Å². The summed E-state index contributed by atoms with van der Waals surface area (Å²) in [7, 11) is 0.0937. The number of ether oxygens (including phenoxy) is 2. The van der Waals surface area contributed by atoms with Crippen LogP contribution in [0.5, 0.6) is 0 Å². The summed E-state index contributed by atoms with van der Waals surface area (Å²) in [6.45, 7) is 13.4. The molecule has 0 aromatic carbocycles. The molecule has 0 amide bonds. The molecule has 4 heteroatoms. The lowest BCUT2D eigenvalue weighted by molar-refractivity contribution is -0.0320. The quantitative estimate of drug-likeness (QED) is 0.374. The summed E-state index contributed by atoms with van der Waals surface area (Å²) in [5, 5.41) is 0.305. The normalized spacial score (nSPS) is 13.1. The molecule has 0 heterocycles. The fraction of sp³-hybridized carbons (Fsp3) is 1.00. The SMILES string of the molecule is COCOCCCCO[Si](C)(C)C(C)(C)C. The van der Waals surface area contributed by atoms with Gasteiger partial charge in [0.25, 0.3) is 0 Å². The predicted octanol–water partition coefficient (Wildman–Crippen LogP) is 3.41. The second-order valence-electron chi connectivity index (χ2n) is 5.63. The van der Waals surface area contributed by atoms with Gasteiger partial charge in [-0.05, 0) is 31.0 Å². The van der Waals surface area contributed by atoms with Gasteiger partial charge in [0.2, 0.25) is 0 Å². The summed E-state index contributed by atoms with van der Waals surface area (Å²) in [4.78, 5) is 0. The van der Waals surface area contributed by atoms with E-state index in [-0.39, 0.29) is 0 Å². The molecule has 0 fully saturated rings. The third-order valence-electron chi connectivity index (χ3n) is 3.15. The number of methoxy groups -OCH3 is 1. The van der Waals surface area contributed by atoms with Crippen LogP contribution in [0.25, 0.3) is 0 Å². The zero-order valence-corrected chi connectivity index (χ0v) is 12.8. The molecule has 0 saturated heterocycles. The molecular formula is C12H28O3Si. The van der Waals surface area contributed by atoms with E-state index in [1.165, 1.54) is 0 Å². The van der Waals surface area contributed by atoms with Crippen LogP contribution in [0.1, 0.15) is 33.6 Å². The van der Waals surface area contributed by atoms with Gasteiger partial charge < -0.3 is 13.9 Å². The van der Waals surface area contributed by atoms with E-state index in [1.54, 1.807) is 7.11 Å². The summed E-state index contributed by atoms with van der Waals surface area (Å²) < 4.78 is 16.1. The van der Waals surface area contributed by atoms with E-state index in [9.17, 15) is 0 Å². The van der Waals surface area contributed by atoms with Crippen molar-refractivity contribution in [3.05, 3.63) is 0 Å². The van der Waals surface area contributed by atoms with E-state index in [0.29, 0.717) is 11.8 Å². The zero-order chi connectivity index (χ0) is 12.7. The monoisotopic (exact) mass is 248 g/mol. The number of hydrogen-bond acceptors (Lipinski definition) is 3. The van der Waals surface area contributed by atoms with Gasteiger partial charge in [-0.2, -0.15) is 0 Å². The van der Waals surface area contributed by atoms with Crippen molar-refractivity contribution in [1.82, 2.24) is 0 Å². The van der Waals surface area contributed by atoms with E-state index in [4.69, 9.17) is 13.9 Å². The molecule has 0 spiro atoms. The molecule has 0 unspecified atom stereocenters. The fourth-order valence-corrected chi connectivity index (χ4v) is 2.08. The molecule has 0 aliphatic rings. The van der Waals surface area contributed by atoms with E-state index in [0.717, 1.165) is 26.1 Å². The fourth-order valence-electron chi connectivity index (χ4n) is 0.992. The highest BCUT2D eigenvalue weighted by Crippen LogP contribution is 2.36. The molecule has 3 nitrogen and oxygen atoms in total. The molecule has 0 bridgehead atoms. The van der Waals surface area contributed by atoms with Crippen LogP contribution in [0.15, 0.2) is 0 Å². The van der Waals surface area contributed by atoms with Crippen LogP contribution in [-0.2, 0) is 13.9 Å². The Morgan fingerprint density at radius 2 is 1.56 bits per heavy atom. The van der Waals surface area contributed by atoms with E-state index < -0.39 is 8.32 Å². The summed E-state index contributed by atoms with van der Waals surface area (Å²) in [6, 6.07) is 0. The lowest BCUT2D eigenvalue weighted by Gasteiger charge is -2.36. The van der Waals surface area contributed by atoms with Gasteiger partial charge in [-0.25, -0.2) is 0 Å². The molecule has 0 aromatic rings. The molecule has 98 valence electrons. The molecule has 0 N–H and O–H groups in total. The lowest BCUT2D eigenvalue weighted by Crippen LogP contribution is -2.40. The van der Waals surface area contributed by atoms with Gasteiger partial charge in [0.05, 0.1) is 0 Å². The van der Waals surface area contributed by atoms with Gasteiger partial charge in [-0.3, -0.25) is 0 Å². The Morgan fingerprint density at radius 1 is 1.00 bits per heavy atom. The Labute approximate surface area is 102 Å². The van der Waals surface area contributed by atoms with Crippen LogP contribution in [0.2, 0.25) is 18.1 Å². The smallest absolute Gasteiger partial charge is 0.191 e. The van der Waals surface area contributed by atoms with Crippen LogP contribution >= 0.6 is 0 Å². The van der Waals surface area contributed by atoms with Gasteiger partial charge in [0.1, 0.15) is 6.79 Å².